The Morgan fingerprint density at radius 1 is 1.27 bits per heavy atom. The van der Waals surface area contributed by atoms with E-state index < -0.39 is 5.60 Å². The van der Waals surface area contributed by atoms with Gasteiger partial charge >= 0.3 is 0 Å². The maximum Gasteiger partial charge on any atom is 0.191 e. The van der Waals surface area contributed by atoms with Crippen molar-refractivity contribution in [1.82, 2.24) is 15.5 Å². The highest BCUT2D eigenvalue weighted by atomic mass is 127. The zero-order valence-corrected chi connectivity index (χ0v) is 21.1. The Kier molecular flexibility index (Phi) is 10.6. The van der Waals surface area contributed by atoms with E-state index in [0.29, 0.717) is 18.3 Å². The minimum Gasteiger partial charge on any atom is -0.497 e. The molecular formula is C22H35IN4O3. The van der Waals surface area contributed by atoms with Crippen molar-refractivity contribution in [3.8, 4) is 5.75 Å². The molecule has 30 heavy (non-hydrogen) atoms. The van der Waals surface area contributed by atoms with Crippen LogP contribution in [0.2, 0.25) is 0 Å². The second-order valence-corrected chi connectivity index (χ2v) is 7.52. The molecule has 0 amide bonds. The SMILES string of the molecule is CCNC(=NCC(C)(O)c1ccc(C)o1)NCC(c1cccc(OC)c1)N(C)C.I. The molecule has 0 saturated heterocycles. The number of hydrogen-bond acceptors (Lipinski definition) is 5. The van der Waals surface area contributed by atoms with Gasteiger partial charge in [-0.2, -0.15) is 0 Å². The fourth-order valence-corrected chi connectivity index (χ4v) is 3.02. The predicted molar refractivity (Wildman–Crippen MR) is 132 cm³/mol. The Labute approximate surface area is 196 Å². The van der Waals surface area contributed by atoms with E-state index in [-0.39, 0.29) is 36.6 Å². The third-order valence-corrected chi connectivity index (χ3v) is 4.73. The molecule has 2 unspecified atom stereocenters. The van der Waals surface area contributed by atoms with Crippen molar-refractivity contribution < 1.29 is 14.3 Å². The van der Waals surface area contributed by atoms with E-state index in [1.54, 1.807) is 20.1 Å². The first-order valence-corrected chi connectivity index (χ1v) is 9.88. The fraction of sp³-hybridized carbons (Fsp3) is 0.500. The number of aliphatic imine (C=N–C) groups is 1. The average Bonchev–Trinajstić information content (AvgIpc) is 3.13. The summed E-state index contributed by atoms with van der Waals surface area (Å²) >= 11 is 0. The van der Waals surface area contributed by atoms with Gasteiger partial charge in [0.05, 0.1) is 19.7 Å². The van der Waals surface area contributed by atoms with Gasteiger partial charge in [-0.15, -0.1) is 24.0 Å². The number of methoxy groups -OCH3 is 1. The number of halogens is 1. The maximum absolute atomic E-state index is 10.7. The summed E-state index contributed by atoms with van der Waals surface area (Å²) in [5.74, 6) is 2.75. The predicted octanol–water partition coefficient (Wildman–Crippen LogP) is 3.28. The summed E-state index contributed by atoms with van der Waals surface area (Å²) in [7, 11) is 5.75. The molecule has 0 saturated carbocycles. The number of nitrogens with one attached hydrogen (secondary N) is 2. The second-order valence-electron chi connectivity index (χ2n) is 7.52. The number of ether oxygens (including phenoxy) is 1. The van der Waals surface area contributed by atoms with Crippen molar-refractivity contribution in [3.63, 3.8) is 0 Å². The quantitative estimate of drug-likeness (QED) is 0.262. The number of hydrogen-bond donors (Lipinski definition) is 3. The molecule has 2 atom stereocenters. The van der Waals surface area contributed by atoms with Crippen LogP contribution in [0.4, 0.5) is 0 Å². The first kappa shape index (κ1) is 26.3. The number of rotatable bonds is 9. The minimum absolute atomic E-state index is 0. The molecule has 0 aliphatic rings. The summed E-state index contributed by atoms with van der Waals surface area (Å²) in [4.78, 5) is 6.72. The molecule has 0 aliphatic carbocycles. The molecule has 1 heterocycles. The van der Waals surface area contributed by atoms with Gasteiger partial charge in [-0.3, -0.25) is 0 Å². The molecule has 7 nitrogen and oxygen atoms in total. The van der Waals surface area contributed by atoms with Gasteiger partial charge in [-0.05, 0) is 64.7 Å². The van der Waals surface area contributed by atoms with Crippen molar-refractivity contribution in [3.05, 3.63) is 53.5 Å². The zero-order chi connectivity index (χ0) is 21.4. The molecule has 2 rings (SSSR count). The molecule has 0 radical (unpaired) electrons. The molecule has 8 heteroatoms. The number of likely N-dealkylation sites (N-methyl/N-ethyl adjacent to an activating group) is 1. The monoisotopic (exact) mass is 530 g/mol. The molecule has 3 N–H and O–H groups in total. The standard InChI is InChI=1S/C22H34N4O3.HI/c1-7-23-21(25-15-22(3,27)20-12-11-16(2)29-20)24-14-19(26(4)5)17-9-8-10-18(13-17)28-6;/h8-13,19,27H,7,14-15H2,1-6H3,(H2,23,24,25);1H. The van der Waals surface area contributed by atoms with Crippen LogP contribution in [0.1, 0.15) is 37.0 Å². The van der Waals surface area contributed by atoms with Crippen molar-refractivity contribution in [2.24, 2.45) is 4.99 Å². The number of furan rings is 1. The highest BCUT2D eigenvalue weighted by Gasteiger charge is 2.27. The first-order chi connectivity index (χ1) is 13.8. The molecule has 0 bridgehead atoms. The summed E-state index contributed by atoms with van der Waals surface area (Å²) in [5, 5.41) is 17.4. The third kappa shape index (κ3) is 7.48. The molecule has 0 aliphatic heterocycles. The van der Waals surface area contributed by atoms with Crippen LogP contribution in [0.3, 0.4) is 0 Å². The van der Waals surface area contributed by atoms with E-state index in [9.17, 15) is 5.11 Å². The van der Waals surface area contributed by atoms with E-state index >= 15 is 0 Å². The third-order valence-electron chi connectivity index (χ3n) is 4.73. The van der Waals surface area contributed by atoms with E-state index in [4.69, 9.17) is 9.15 Å². The van der Waals surface area contributed by atoms with Crippen LogP contribution >= 0.6 is 24.0 Å². The largest absolute Gasteiger partial charge is 0.497 e. The first-order valence-electron chi connectivity index (χ1n) is 9.88. The lowest BCUT2D eigenvalue weighted by atomic mass is 10.0. The van der Waals surface area contributed by atoms with E-state index in [1.165, 1.54) is 0 Å². The summed E-state index contributed by atoms with van der Waals surface area (Å²) in [6.07, 6.45) is 0. The van der Waals surface area contributed by atoms with Gasteiger partial charge in [0, 0.05) is 13.1 Å². The molecule has 1 aromatic heterocycles. The Morgan fingerprint density at radius 3 is 2.57 bits per heavy atom. The van der Waals surface area contributed by atoms with Crippen LogP contribution in [-0.4, -0.2) is 56.8 Å². The van der Waals surface area contributed by atoms with Gasteiger partial charge in [-0.1, -0.05) is 12.1 Å². The molecule has 1 aromatic carbocycles. The molecule has 168 valence electrons. The van der Waals surface area contributed by atoms with Crippen molar-refractivity contribution in [2.45, 2.75) is 32.4 Å². The van der Waals surface area contributed by atoms with Crippen LogP contribution < -0.4 is 15.4 Å². The minimum atomic E-state index is -1.18. The number of aliphatic hydroxyl groups is 1. The van der Waals surface area contributed by atoms with E-state index in [2.05, 4.69) is 26.6 Å². The zero-order valence-electron chi connectivity index (χ0n) is 18.7. The van der Waals surface area contributed by atoms with Gasteiger partial charge in [0.1, 0.15) is 22.9 Å². The molecular weight excluding hydrogens is 495 g/mol. The number of aryl methyl sites for hydroxylation is 1. The lowest BCUT2D eigenvalue weighted by Crippen LogP contribution is -2.42. The topological polar surface area (TPSA) is 82.3 Å². The summed E-state index contributed by atoms with van der Waals surface area (Å²) in [5.41, 5.74) is -0.0274. The van der Waals surface area contributed by atoms with Gasteiger partial charge in [0.25, 0.3) is 0 Å². The Balaban J connectivity index is 0.00000450. The summed E-state index contributed by atoms with van der Waals surface area (Å²) in [6.45, 7) is 7.12. The summed E-state index contributed by atoms with van der Waals surface area (Å²) < 4.78 is 10.9. The van der Waals surface area contributed by atoms with Gasteiger partial charge in [-0.25, -0.2) is 4.99 Å². The summed E-state index contributed by atoms with van der Waals surface area (Å²) in [6, 6.07) is 11.8. The van der Waals surface area contributed by atoms with Gasteiger partial charge < -0.3 is 29.8 Å². The van der Waals surface area contributed by atoms with Gasteiger partial charge in [0.15, 0.2) is 5.96 Å². The van der Waals surface area contributed by atoms with Crippen LogP contribution in [-0.2, 0) is 5.60 Å². The number of benzene rings is 1. The van der Waals surface area contributed by atoms with Crippen LogP contribution in [0, 0.1) is 6.92 Å². The normalized spacial score (nSPS) is 14.6. The van der Waals surface area contributed by atoms with Crippen LogP contribution in [0.25, 0.3) is 0 Å². The Morgan fingerprint density at radius 2 is 2.00 bits per heavy atom. The number of nitrogens with zero attached hydrogens (tertiary/aromatic N) is 2. The van der Waals surface area contributed by atoms with E-state index in [0.717, 1.165) is 23.6 Å². The molecule has 0 fully saturated rings. The Bertz CT molecular complexity index is 805. The Hall–Kier alpha value is -1.78. The van der Waals surface area contributed by atoms with Crippen LogP contribution in [0.15, 0.2) is 45.8 Å². The van der Waals surface area contributed by atoms with Crippen molar-refractivity contribution in [2.75, 3.05) is 40.8 Å². The molecule has 2 aromatic rings. The average molecular weight is 530 g/mol. The smallest absolute Gasteiger partial charge is 0.191 e. The highest BCUT2D eigenvalue weighted by Crippen LogP contribution is 2.24. The van der Waals surface area contributed by atoms with E-state index in [1.807, 2.05) is 52.2 Å². The lowest BCUT2D eigenvalue weighted by Gasteiger charge is -2.26. The second kappa shape index (κ2) is 12.2. The molecule has 0 spiro atoms. The maximum atomic E-state index is 10.7. The van der Waals surface area contributed by atoms with Crippen molar-refractivity contribution >= 4 is 29.9 Å². The van der Waals surface area contributed by atoms with Crippen LogP contribution in [0.5, 0.6) is 5.75 Å². The fourth-order valence-electron chi connectivity index (χ4n) is 3.02. The lowest BCUT2D eigenvalue weighted by molar-refractivity contribution is 0.0428. The van der Waals surface area contributed by atoms with Gasteiger partial charge in [0.2, 0.25) is 0 Å². The highest BCUT2D eigenvalue weighted by molar-refractivity contribution is 14.0. The van der Waals surface area contributed by atoms with Crippen molar-refractivity contribution in [1.29, 1.82) is 0 Å². The number of guanidine groups is 1.